The molecule has 1 aromatic rings. The van der Waals surface area contributed by atoms with E-state index in [9.17, 15) is 4.79 Å². The quantitative estimate of drug-likeness (QED) is 0.541. The molecule has 1 amide bonds. The molecule has 0 spiro atoms. The van der Waals surface area contributed by atoms with Gasteiger partial charge in [0.15, 0.2) is 5.69 Å². The van der Waals surface area contributed by atoms with Gasteiger partial charge in [0.2, 0.25) is 0 Å². The summed E-state index contributed by atoms with van der Waals surface area (Å²) in [6.07, 6.45) is 0.543. The predicted molar refractivity (Wildman–Crippen MR) is 73.0 cm³/mol. The average Bonchev–Trinajstić information content (AvgIpc) is 2.31. The zero-order valence-electron chi connectivity index (χ0n) is 11.9. The lowest BCUT2D eigenvalue weighted by molar-refractivity contribution is -0.677. The van der Waals surface area contributed by atoms with Gasteiger partial charge in [-0.3, -0.25) is 0 Å². The van der Waals surface area contributed by atoms with Crippen molar-refractivity contribution in [1.29, 1.82) is 0 Å². The fraction of sp³-hybridized carbons (Fsp3) is 0.571. The van der Waals surface area contributed by atoms with Gasteiger partial charge in [-0.25, -0.2) is 4.79 Å². The number of aromatic nitrogens is 1. The van der Waals surface area contributed by atoms with Gasteiger partial charge in [-0.1, -0.05) is 0 Å². The van der Waals surface area contributed by atoms with Crippen LogP contribution in [-0.2, 0) is 24.8 Å². The highest BCUT2D eigenvalue weighted by atomic mass is 35.5. The highest BCUT2D eigenvalue weighted by molar-refractivity contribution is 6.28. The minimum absolute atomic E-state index is 0.254. The zero-order chi connectivity index (χ0) is 14.2. The molecule has 0 bridgehead atoms. The van der Waals surface area contributed by atoms with Gasteiger partial charge in [0.25, 0.3) is 5.15 Å². The van der Waals surface area contributed by atoms with Gasteiger partial charge in [0.05, 0.1) is 13.0 Å². The molecule has 0 fully saturated rings. The van der Waals surface area contributed by atoms with E-state index in [2.05, 4.69) is 0 Å². The van der Waals surface area contributed by atoms with Crippen molar-refractivity contribution in [3.8, 4) is 0 Å². The Morgan fingerprint density at radius 1 is 1.42 bits per heavy atom. The topological polar surface area (TPSA) is 33.4 Å². The Bertz CT molecular complexity index is 509. The lowest BCUT2D eigenvalue weighted by atomic mass is 10.1. The second-order valence-electron chi connectivity index (χ2n) is 5.84. The average molecular weight is 284 g/mol. The van der Waals surface area contributed by atoms with Crippen LogP contribution in [0.15, 0.2) is 12.1 Å². The minimum atomic E-state index is -0.456. The maximum absolute atomic E-state index is 12.0. The molecule has 2 heterocycles. The van der Waals surface area contributed by atoms with Crippen LogP contribution in [-0.4, -0.2) is 23.1 Å². The molecule has 0 saturated carbocycles. The van der Waals surface area contributed by atoms with Crippen molar-refractivity contribution in [2.75, 3.05) is 6.54 Å². The zero-order valence-corrected chi connectivity index (χ0v) is 12.6. The summed E-state index contributed by atoms with van der Waals surface area (Å²) >= 11 is 6.09. The van der Waals surface area contributed by atoms with Crippen LogP contribution >= 0.6 is 11.6 Å². The van der Waals surface area contributed by atoms with Gasteiger partial charge in [-0.05, 0) is 38.4 Å². The summed E-state index contributed by atoms with van der Waals surface area (Å²) in [5.41, 5.74) is 1.86. The number of pyridine rings is 1. The van der Waals surface area contributed by atoms with Crippen LogP contribution in [0.4, 0.5) is 4.79 Å². The molecule has 0 radical (unpaired) electrons. The van der Waals surface area contributed by atoms with Crippen LogP contribution in [0.2, 0.25) is 5.15 Å². The monoisotopic (exact) mass is 283 g/mol. The number of hydrogen-bond acceptors (Lipinski definition) is 2. The molecule has 0 unspecified atom stereocenters. The molecule has 1 aromatic heterocycles. The Hall–Kier alpha value is -1.29. The first kappa shape index (κ1) is 14.1. The standard InChI is InChI=1S/C14H20ClN2O2/c1-14(2,3)19-13(18)17-8-7-11-10(9-17)5-6-12(15)16(11)4/h5-6H,7-9H2,1-4H3/q+1. The first-order valence-corrected chi connectivity index (χ1v) is 6.80. The minimum Gasteiger partial charge on any atom is -0.444 e. The number of hydrogen-bond donors (Lipinski definition) is 0. The molecule has 1 aliphatic rings. The maximum atomic E-state index is 12.0. The SMILES string of the molecule is C[n+]1c(Cl)ccc2c1CCN(C(=O)OC(C)(C)C)C2. The van der Waals surface area contributed by atoms with E-state index in [1.165, 1.54) is 5.69 Å². The van der Waals surface area contributed by atoms with E-state index in [1.54, 1.807) is 4.90 Å². The van der Waals surface area contributed by atoms with Gasteiger partial charge in [0, 0.05) is 18.2 Å². The van der Waals surface area contributed by atoms with Gasteiger partial charge >= 0.3 is 6.09 Å². The molecule has 2 rings (SSSR count). The van der Waals surface area contributed by atoms with Crippen LogP contribution in [0.3, 0.4) is 0 Å². The first-order valence-electron chi connectivity index (χ1n) is 6.42. The third-order valence-electron chi connectivity index (χ3n) is 3.15. The number of halogens is 1. The molecule has 4 nitrogen and oxygen atoms in total. The van der Waals surface area contributed by atoms with Crippen LogP contribution in [0, 0.1) is 0 Å². The molecule has 5 heteroatoms. The van der Waals surface area contributed by atoms with Crippen molar-refractivity contribution < 1.29 is 14.1 Å². The third kappa shape index (κ3) is 3.18. The van der Waals surface area contributed by atoms with Crippen molar-refractivity contribution in [3.63, 3.8) is 0 Å². The van der Waals surface area contributed by atoms with Crippen LogP contribution in [0.5, 0.6) is 0 Å². The number of carbonyl (C=O) groups excluding carboxylic acids is 1. The lowest BCUT2D eigenvalue weighted by Gasteiger charge is -2.30. The molecule has 0 N–H and O–H groups in total. The molecule has 0 aliphatic carbocycles. The summed E-state index contributed by atoms with van der Waals surface area (Å²) in [6.45, 7) is 6.87. The van der Waals surface area contributed by atoms with Crippen LogP contribution in [0.1, 0.15) is 32.0 Å². The predicted octanol–water partition coefficient (Wildman–Crippen LogP) is 2.46. The number of fused-ring (bicyclic) bond motifs is 1. The summed E-state index contributed by atoms with van der Waals surface area (Å²) in [5, 5.41) is 0.712. The maximum Gasteiger partial charge on any atom is 0.410 e. The fourth-order valence-corrected chi connectivity index (χ4v) is 2.37. The van der Waals surface area contributed by atoms with E-state index in [0.717, 1.165) is 12.0 Å². The van der Waals surface area contributed by atoms with Gasteiger partial charge in [0.1, 0.15) is 12.6 Å². The van der Waals surface area contributed by atoms with Crippen molar-refractivity contribution in [2.24, 2.45) is 7.05 Å². The second kappa shape index (κ2) is 5.00. The Kier molecular flexibility index (Phi) is 3.72. The molecule has 0 atom stereocenters. The normalized spacial score (nSPS) is 15.1. The summed E-state index contributed by atoms with van der Waals surface area (Å²) in [5.74, 6) is 0. The van der Waals surface area contributed by atoms with E-state index >= 15 is 0 Å². The molecule has 0 aromatic carbocycles. The Morgan fingerprint density at radius 2 is 2.11 bits per heavy atom. The number of amides is 1. The van der Waals surface area contributed by atoms with E-state index < -0.39 is 5.60 Å². The van der Waals surface area contributed by atoms with Crippen molar-refractivity contribution in [1.82, 2.24) is 4.90 Å². The Balaban J connectivity index is 2.15. The van der Waals surface area contributed by atoms with E-state index in [4.69, 9.17) is 16.3 Å². The molecular formula is C14H20ClN2O2+. The van der Waals surface area contributed by atoms with Crippen molar-refractivity contribution in [2.45, 2.75) is 39.3 Å². The fourth-order valence-electron chi connectivity index (χ4n) is 2.20. The van der Waals surface area contributed by atoms with Crippen molar-refractivity contribution in [3.05, 3.63) is 28.5 Å². The first-order chi connectivity index (χ1) is 8.78. The second-order valence-corrected chi connectivity index (χ2v) is 6.23. The molecule has 104 valence electrons. The number of ether oxygens (including phenoxy) is 1. The van der Waals surface area contributed by atoms with Gasteiger partial charge in [-0.2, -0.15) is 4.57 Å². The smallest absolute Gasteiger partial charge is 0.410 e. The third-order valence-corrected chi connectivity index (χ3v) is 3.53. The van der Waals surface area contributed by atoms with Crippen LogP contribution in [0.25, 0.3) is 0 Å². The number of carbonyl (C=O) groups is 1. The summed E-state index contributed by atoms with van der Waals surface area (Å²) in [7, 11) is 1.95. The largest absolute Gasteiger partial charge is 0.444 e. The van der Waals surface area contributed by atoms with Gasteiger partial charge in [-0.15, -0.1) is 0 Å². The highest BCUT2D eigenvalue weighted by Crippen LogP contribution is 2.20. The summed E-state index contributed by atoms with van der Waals surface area (Å²) in [6, 6.07) is 3.84. The molecule has 19 heavy (non-hydrogen) atoms. The van der Waals surface area contributed by atoms with E-state index in [1.807, 2.05) is 44.5 Å². The molecular weight excluding hydrogens is 264 g/mol. The van der Waals surface area contributed by atoms with Crippen molar-refractivity contribution >= 4 is 17.7 Å². The van der Waals surface area contributed by atoms with E-state index in [-0.39, 0.29) is 6.09 Å². The van der Waals surface area contributed by atoms with Gasteiger partial charge < -0.3 is 9.64 Å². The molecule has 1 aliphatic heterocycles. The van der Waals surface area contributed by atoms with E-state index in [0.29, 0.717) is 18.2 Å². The lowest BCUT2D eigenvalue weighted by Crippen LogP contribution is -2.45. The number of rotatable bonds is 0. The Labute approximate surface area is 118 Å². The highest BCUT2D eigenvalue weighted by Gasteiger charge is 2.29. The number of nitrogens with zero attached hydrogens (tertiary/aromatic N) is 2. The Morgan fingerprint density at radius 3 is 2.74 bits per heavy atom. The summed E-state index contributed by atoms with van der Waals surface area (Å²) < 4.78 is 7.38. The van der Waals surface area contributed by atoms with Crippen LogP contribution < -0.4 is 4.57 Å². The summed E-state index contributed by atoms with van der Waals surface area (Å²) in [4.78, 5) is 13.8. The molecule has 0 saturated heterocycles.